The van der Waals surface area contributed by atoms with Crippen molar-refractivity contribution in [2.75, 3.05) is 41.0 Å². The second-order valence-corrected chi connectivity index (χ2v) is 18.0. The molecule has 61 heavy (non-hydrogen) atoms. The summed E-state index contributed by atoms with van der Waals surface area (Å²) in [5, 5.41) is 11.7. The Morgan fingerprint density at radius 1 is 0.492 bits per heavy atom. The van der Waals surface area contributed by atoms with Crippen molar-refractivity contribution in [3.63, 3.8) is 0 Å². The van der Waals surface area contributed by atoms with E-state index in [1.54, 1.807) is 21.1 Å². The first-order valence-corrected chi connectivity index (χ1v) is 25.2. The van der Waals surface area contributed by atoms with Gasteiger partial charge in [0.25, 0.3) is 0 Å². The predicted molar refractivity (Wildman–Crippen MR) is 254 cm³/mol. The minimum atomic E-state index is -1.13. The monoisotopic (exact) mass is 858 g/mol. The summed E-state index contributed by atoms with van der Waals surface area (Å²) in [5.74, 6) is -1.75. The van der Waals surface area contributed by atoms with E-state index in [0.717, 1.165) is 57.8 Å². The van der Waals surface area contributed by atoms with E-state index in [1.807, 2.05) is 0 Å². The average molecular weight is 858 g/mol. The van der Waals surface area contributed by atoms with Crippen molar-refractivity contribution in [2.24, 2.45) is 0 Å². The molecule has 0 amide bonds. The van der Waals surface area contributed by atoms with Crippen molar-refractivity contribution in [1.29, 1.82) is 0 Å². The second-order valence-electron chi connectivity index (χ2n) is 18.0. The van der Waals surface area contributed by atoms with Gasteiger partial charge in [-0.25, -0.2) is 0 Å². The lowest BCUT2D eigenvalue weighted by atomic mass is 10.1. The van der Waals surface area contributed by atoms with Crippen LogP contribution in [0.4, 0.5) is 0 Å². The molecular weight excluding hydrogens is 763 g/mol. The van der Waals surface area contributed by atoms with E-state index >= 15 is 0 Å². The minimum Gasteiger partial charge on any atom is -0.544 e. The van der Waals surface area contributed by atoms with Crippen molar-refractivity contribution in [3.05, 3.63) is 48.6 Å². The molecule has 0 bridgehead atoms. The maximum atomic E-state index is 12.8. The van der Waals surface area contributed by atoms with E-state index in [0.29, 0.717) is 12.8 Å². The molecule has 0 heterocycles. The molecule has 354 valence electrons. The van der Waals surface area contributed by atoms with Crippen molar-refractivity contribution >= 4 is 17.9 Å². The predicted octanol–water partition coefficient (Wildman–Crippen LogP) is 13.0. The highest BCUT2D eigenvalue weighted by atomic mass is 16.6. The number of carboxylic acids is 1. The van der Waals surface area contributed by atoms with Crippen LogP contribution in [0.25, 0.3) is 0 Å². The number of rotatable bonds is 45. The van der Waals surface area contributed by atoms with Crippen LogP contribution in [0.1, 0.15) is 219 Å². The van der Waals surface area contributed by atoms with Crippen LogP contribution in [0.2, 0.25) is 0 Å². The number of carbonyl (C=O) groups excluding carboxylic acids is 3. The molecule has 0 aromatic heterocycles. The van der Waals surface area contributed by atoms with Gasteiger partial charge in [0, 0.05) is 19.3 Å². The molecule has 0 N–H and O–H groups in total. The fourth-order valence-electron chi connectivity index (χ4n) is 7.25. The molecule has 0 saturated heterocycles. The van der Waals surface area contributed by atoms with Crippen LogP contribution in [0.15, 0.2) is 48.6 Å². The standard InChI is InChI=1S/C53H95NO7/c1-6-8-10-12-14-16-18-20-22-24-26-28-30-32-34-36-38-40-42-44-52(56)61-49(47-59-46-45-50(53(57)58)54(3,4)5)48-60-51(55)43-41-39-37-35-33-31-29-27-25-23-21-19-17-15-13-11-9-7-2/h14,16-17,19-20,22-23,25,49-50H,6-13,15,18,21,24,26-48H2,1-5H3/b16-14-,19-17-,22-20-,25-23-. The average Bonchev–Trinajstić information content (AvgIpc) is 3.22. The summed E-state index contributed by atoms with van der Waals surface area (Å²) in [5.41, 5.74) is 0. The highest BCUT2D eigenvalue weighted by Crippen LogP contribution is 2.15. The van der Waals surface area contributed by atoms with Crippen LogP contribution in [0.5, 0.6) is 0 Å². The number of carbonyl (C=O) groups is 3. The summed E-state index contributed by atoms with van der Waals surface area (Å²) < 4.78 is 17.2. The van der Waals surface area contributed by atoms with Crippen LogP contribution in [0, 0.1) is 0 Å². The number of hydrogen-bond acceptors (Lipinski definition) is 7. The number of likely N-dealkylation sites (N-methyl/N-ethyl adjacent to an activating group) is 1. The maximum Gasteiger partial charge on any atom is 0.306 e. The van der Waals surface area contributed by atoms with Gasteiger partial charge in [-0.15, -0.1) is 0 Å². The molecule has 0 aromatic carbocycles. The Hall–Kier alpha value is -2.71. The third kappa shape index (κ3) is 42.4. The Labute approximate surface area is 376 Å². The summed E-state index contributed by atoms with van der Waals surface area (Å²) in [4.78, 5) is 37.0. The summed E-state index contributed by atoms with van der Waals surface area (Å²) in [6.45, 7) is 4.63. The van der Waals surface area contributed by atoms with Crippen molar-refractivity contribution in [1.82, 2.24) is 0 Å². The topological polar surface area (TPSA) is 102 Å². The van der Waals surface area contributed by atoms with Gasteiger partial charge in [-0.3, -0.25) is 9.59 Å². The van der Waals surface area contributed by atoms with E-state index in [2.05, 4.69) is 62.5 Å². The van der Waals surface area contributed by atoms with Gasteiger partial charge in [-0.2, -0.15) is 0 Å². The van der Waals surface area contributed by atoms with Gasteiger partial charge in [-0.05, 0) is 77.0 Å². The fraction of sp³-hybridized carbons (Fsp3) is 0.792. The largest absolute Gasteiger partial charge is 0.544 e. The molecule has 8 nitrogen and oxygen atoms in total. The van der Waals surface area contributed by atoms with Gasteiger partial charge in [0.15, 0.2) is 6.10 Å². The Balaban J connectivity index is 4.28. The molecule has 2 atom stereocenters. The summed E-state index contributed by atoms with van der Waals surface area (Å²) in [6, 6.07) is -0.729. The number of quaternary nitrogens is 1. The number of ether oxygens (including phenoxy) is 3. The van der Waals surface area contributed by atoms with E-state index < -0.39 is 18.1 Å². The van der Waals surface area contributed by atoms with Gasteiger partial charge >= 0.3 is 11.9 Å². The van der Waals surface area contributed by atoms with Gasteiger partial charge < -0.3 is 28.6 Å². The molecular formula is C53H95NO7. The number of esters is 2. The molecule has 8 heteroatoms. The van der Waals surface area contributed by atoms with Crippen LogP contribution in [0.3, 0.4) is 0 Å². The molecule has 0 saturated carbocycles. The summed E-state index contributed by atoms with van der Waals surface area (Å²) in [7, 11) is 5.41. The molecule has 0 aromatic rings. The number of allylic oxidation sites excluding steroid dienone is 8. The van der Waals surface area contributed by atoms with Crippen LogP contribution in [-0.2, 0) is 28.6 Å². The molecule has 0 fully saturated rings. The lowest BCUT2D eigenvalue weighted by molar-refractivity contribution is -0.889. The third-order valence-corrected chi connectivity index (χ3v) is 11.2. The molecule has 0 aliphatic carbocycles. The van der Waals surface area contributed by atoms with E-state index in [9.17, 15) is 19.5 Å². The van der Waals surface area contributed by atoms with Gasteiger partial charge in [0.1, 0.15) is 12.6 Å². The Morgan fingerprint density at radius 3 is 1.30 bits per heavy atom. The molecule has 0 radical (unpaired) electrons. The molecule has 0 aliphatic rings. The van der Waals surface area contributed by atoms with E-state index in [1.165, 1.54) is 128 Å². The SMILES string of the molecule is CCCCC/C=C\C/C=C\CCCCCCCCCCCC(=O)OC(COCCC(C(=O)[O-])[N+](C)(C)C)COC(=O)CCCCCCCCC/C=C\C/C=C\CCCCCC. The smallest absolute Gasteiger partial charge is 0.306 e. The van der Waals surface area contributed by atoms with Gasteiger partial charge in [0.05, 0.1) is 40.3 Å². The lowest BCUT2D eigenvalue weighted by Crippen LogP contribution is -2.55. The summed E-state index contributed by atoms with van der Waals surface area (Å²) >= 11 is 0. The zero-order chi connectivity index (χ0) is 44.9. The number of nitrogens with zero attached hydrogens (tertiary/aromatic N) is 1. The first kappa shape index (κ1) is 58.3. The van der Waals surface area contributed by atoms with E-state index in [-0.39, 0.29) is 42.7 Å². The van der Waals surface area contributed by atoms with Crippen LogP contribution in [-0.4, -0.2) is 75.5 Å². The van der Waals surface area contributed by atoms with Crippen molar-refractivity contribution in [2.45, 2.75) is 231 Å². The van der Waals surface area contributed by atoms with Crippen LogP contribution >= 0.6 is 0 Å². The first-order valence-electron chi connectivity index (χ1n) is 25.2. The fourth-order valence-corrected chi connectivity index (χ4v) is 7.25. The number of aliphatic carboxylic acids is 1. The number of hydrogen-bond donors (Lipinski definition) is 0. The van der Waals surface area contributed by atoms with Crippen molar-refractivity contribution in [3.8, 4) is 0 Å². The van der Waals surface area contributed by atoms with E-state index in [4.69, 9.17) is 14.2 Å². The quantitative estimate of drug-likeness (QED) is 0.0260. The zero-order valence-corrected chi connectivity index (χ0v) is 40.3. The Kier molecular flexibility index (Phi) is 42.0. The van der Waals surface area contributed by atoms with Gasteiger partial charge in [0.2, 0.25) is 0 Å². The minimum absolute atomic E-state index is 0.0365. The summed E-state index contributed by atoms with van der Waals surface area (Å²) in [6.07, 6.45) is 52.7. The Morgan fingerprint density at radius 2 is 0.869 bits per heavy atom. The van der Waals surface area contributed by atoms with Gasteiger partial charge in [-0.1, -0.05) is 172 Å². The molecule has 0 aliphatic heterocycles. The third-order valence-electron chi connectivity index (χ3n) is 11.2. The normalized spacial score (nSPS) is 13.3. The molecule has 2 unspecified atom stereocenters. The Bertz CT molecular complexity index is 1140. The molecule has 0 spiro atoms. The first-order chi connectivity index (χ1) is 29.6. The van der Waals surface area contributed by atoms with Crippen molar-refractivity contribution < 1.29 is 38.2 Å². The lowest BCUT2D eigenvalue weighted by Gasteiger charge is -2.34. The molecule has 0 rings (SSSR count). The second kappa shape index (κ2) is 43.9. The maximum absolute atomic E-state index is 12.8. The van der Waals surface area contributed by atoms with Crippen LogP contribution < -0.4 is 5.11 Å². The highest BCUT2D eigenvalue weighted by Gasteiger charge is 2.25. The number of unbranched alkanes of at least 4 members (excludes halogenated alkanes) is 23. The number of carboxylic acid groups (broad SMARTS) is 1. The highest BCUT2D eigenvalue weighted by molar-refractivity contribution is 5.70. The zero-order valence-electron chi connectivity index (χ0n) is 40.3.